The maximum atomic E-state index is 10.9. The van der Waals surface area contributed by atoms with Crippen LogP contribution in [0.5, 0.6) is 0 Å². The zero-order valence-corrected chi connectivity index (χ0v) is 12.7. The predicted octanol–water partition coefficient (Wildman–Crippen LogP) is 4.11. The Morgan fingerprint density at radius 1 is 1.36 bits per heavy atom. The zero-order chi connectivity index (χ0) is 15.7. The van der Waals surface area contributed by atoms with E-state index < -0.39 is 4.92 Å². The standard InChI is InChI=1S/C17H19N3O2/c1-11-8-14(11)17(13-6-4-3-5-7-13)19-16-9-12(2)15(10-18-16)20(21)22/h3-7,9-11,14,17H,8H2,1-2H3,(H,18,19). The third-order valence-corrected chi connectivity index (χ3v) is 4.34. The molecule has 3 atom stereocenters. The van der Waals surface area contributed by atoms with Crippen molar-refractivity contribution in [2.75, 3.05) is 5.32 Å². The lowest BCUT2D eigenvalue weighted by Crippen LogP contribution is -2.15. The SMILES string of the molecule is Cc1cc(NC(c2ccccc2)C2CC2C)ncc1[N+](=O)[O-]. The molecule has 5 heteroatoms. The van der Waals surface area contributed by atoms with Gasteiger partial charge in [0.2, 0.25) is 0 Å². The minimum absolute atomic E-state index is 0.0570. The number of hydrogen-bond donors (Lipinski definition) is 1. The smallest absolute Gasteiger partial charge is 0.290 e. The number of nitrogens with one attached hydrogen (secondary N) is 1. The minimum Gasteiger partial charge on any atom is -0.363 e. The molecule has 1 aliphatic carbocycles. The van der Waals surface area contributed by atoms with Crippen molar-refractivity contribution in [1.29, 1.82) is 0 Å². The summed E-state index contributed by atoms with van der Waals surface area (Å²) in [6.07, 6.45) is 2.52. The quantitative estimate of drug-likeness (QED) is 0.666. The van der Waals surface area contributed by atoms with Crippen molar-refractivity contribution in [3.05, 3.63) is 63.8 Å². The van der Waals surface area contributed by atoms with Gasteiger partial charge in [0.1, 0.15) is 12.0 Å². The highest BCUT2D eigenvalue weighted by Gasteiger charge is 2.40. The lowest BCUT2D eigenvalue weighted by molar-refractivity contribution is -0.385. The van der Waals surface area contributed by atoms with Gasteiger partial charge >= 0.3 is 0 Å². The lowest BCUT2D eigenvalue weighted by atomic mass is 10.0. The van der Waals surface area contributed by atoms with E-state index in [4.69, 9.17) is 0 Å². The molecule has 3 rings (SSSR count). The van der Waals surface area contributed by atoms with E-state index in [1.165, 1.54) is 18.2 Å². The Labute approximate surface area is 129 Å². The molecule has 1 aliphatic rings. The van der Waals surface area contributed by atoms with Gasteiger partial charge in [-0.3, -0.25) is 10.1 Å². The summed E-state index contributed by atoms with van der Waals surface area (Å²) in [5, 5.41) is 14.3. The summed E-state index contributed by atoms with van der Waals surface area (Å²) in [6, 6.07) is 12.2. The van der Waals surface area contributed by atoms with Crippen LogP contribution >= 0.6 is 0 Å². The average molecular weight is 297 g/mol. The van der Waals surface area contributed by atoms with E-state index >= 15 is 0 Å². The number of hydrogen-bond acceptors (Lipinski definition) is 4. The number of benzene rings is 1. The molecule has 0 radical (unpaired) electrons. The monoisotopic (exact) mass is 297 g/mol. The largest absolute Gasteiger partial charge is 0.363 e. The van der Waals surface area contributed by atoms with Crippen LogP contribution in [0.2, 0.25) is 0 Å². The van der Waals surface area contributed by atoms with Crippen LogP contribution in [0.15, 0.2) is 42.6 Å². The molecule has 114 valence electrons. The number of nitrogens with zero attached hydrogens (tertiary/aromatic N) is 2. The van der Waals surface area contributed by atoms with Crippen molar-refractivity contribution in [2.24, 2.45) is 11.8 Å². The number of pyridine rings is 1. The molecule has 2 aromatic rings. The number of anilines is 1. The van der Waals surface area contributed by atoms with E-state index in [0.717, 1.165) is 0 Å². The highest BCUT2D eigenvalue weighted by molar-refractivity contribution is 5.48. The van der Waals surface area contributed by atoms with E-state index in [2.05, 4.69) is 29.4 Å². The van der Waals surface area contributed by atoms with Crippen molar-refractivity contribution in [3.63, 3.8) is 0 Å². The molecule has 1 fully saturated rings. The third-order valence-electron chi connectivity index (χ3n) is 4.34. The predicted molar refractivity (Wildman–Crippen MR) is 85.7 cm³/mol. The number of aryl methyl sites for hydroxylation is 1. The Kier molecular flexibility index (Phi) is 3.79. The molecule has 0 saturated heterocycles. The summed E-state index contributed by atoms with van der Waals surface area (Å²) in [6.45, 7) is 3.99. The Hall–Kier alpha value is -2.43. The highest BCUT2D eigenvalue weighted by atomic mass is 16.6. The number of aromatic nitrogens is 1. The van der Waals surface area contributed by atoms with Gasteiger partial charge in [-0.25, -0.2) is 4.98 Å². The molecule has 0 aliphatic heterocycles. The van der Waals surface area contributed by atoms with E-state index in [1.807, 2.05) is 18.2 Å². The number of nitro groups is 1. The molecule has 22 heavy (non-hydrogen) atoms. The topological polar surface area (TPSA) is 68.1 Å². The zero-order valence-electron chi connectivity index (χ0n) is 12.7. The second-order valence-corrected chi connectivity index (χ2v) is 6.02. The molecule has 0 bridgehead atoms. The van der Waals surface area contributed by atoms with Gasteiger partial charge in [-0.05, 0) is 36.8 Å². The Balaban J connectivity index is 1.85. The van der Waals surface area contributed by atoms with E-state index in [1.54, 1.807) is 13.0 Å². The molecule has 5 nitrogen and oxygen atoms in total. The van der Waals surface area contributed by atoms with E-state index in [-0.39, 0.29) is 11.7 Å². The van der Waals surface area contributed by atoms with Crippen LogP contribution in [-0.2, 0) is 0 Å². The molecule has 1 saturated carbocycles. The van der Waals surface area contributed by atoms with Crippen LogP contribution in [-0.4, -0.2) is 9.91 Å². The fourth-order valence-corrected chi connectivity index (χ4v) is 2.89. The second kappa shape index (κ2) is 5.75. The van der Waals surface area contributed by atoms with E-state index in [9.17, 15) is 10.1 Å². The Morgan fingerprint density at radius 2 is 2.05 bits per heavy atom. The molecular formula is C17H19N3O2. The first kappa shape index (κ1) is 14.5. The second-order valence-electron chi connectivity index (χ2n) is 6.02. The van der Waals surface area contributed by atoms with Crippen LogP contribution in [0, 0.1) is 28.9 Å². The third kappa shape index (κ3) is 2.93. The van der Waals surface area contributed by atoms with Gasteiger partial charge in [0.15, 0.2) is 0 Å². The van der Waals surface area contributed by atoms with Gasteiger partial charge in [-0.2, -0.15) is 0 Å². The van der Waals surface area contributed by atoms with Crippen molar-refractivity contribution in [1.82, 2.24) is 4.98 Å². The van der Waals surface area contributed by atoms with Crippen LogP contribution in [0.25, 0.3) is 0 Å². The van der Waals surface area contributed by atoms with Crippen LogP contribution in [0.3, 0.4) is 0 Å². The van der Waals surface area contributed by atoms with Crippen molar-refractivity contribution in [2.45, 2.75) is 26.3 Å². The molecule has 1 N–H and O–H groups in total. The maximum absolute atomic E-state index is 10.9. The summed E-state index contributed by atoms with van der Waals surface area (Å²) in [4.78, 5) is 14.7. The van der Waals surface area contributed by atoms with Crippen molar-refractivity contribution >= 4 is 11.5 Å². The summed E-state index contributed by atoms with van der Waals surface area (Å²) >= 11 is 0. The van der Waals surface area contributed by atoms with Gasteiger partial charge < -0.3 is 5.32 Å². The molecule has 0 spiro atoms. The van der Waals surface area contributed by atoms with Crippen LogP contribution in [0.1, 0.15) is 30.5 Å². The summed E-state index contributed by atoms with van der Waals surface area (Å²) < 4.78 is 0. The lowest BCUT2D eigenvalue weighted by Gasteiger charge is -2.20. The first-order valence-electron chi connectivity index (χ1n) is 7.49. The average Bonchev–Trinajstić information content (AvgIpc) is 3.22. The first-order valence-corrected chi connectivity index (χ1v) is 7.49. The van der Waals surface area contributed by atoms with Gasteiger partial charge in [-0.15, -0.1) is 0 Å². The fraction of sp³-hybridized carbons (Fsp3) is 0.353. The number of rotatable bonds is 5. The summed E-state index contributed by atoms with van der Waals surface area (Å²) in [5.74, 6) is 1.97. The fourth-order valence-electron chi connectivity index (χ4n) is 2.89. The minimum atomic E-state index is -0.399. The Bertz CT molecular complexity index is 688. The van der Waals surface area contributed by atoms with Gasteiger partial charge in [0.05, 0.1) is 11.0 Å². The molecular weight excluding hydrogens is 278 g/mol. The normalized spacial score (nSPS) is 21.2. The molecule has 0 amide bonds. The van der Waals surface area contributed by atoms with Crippen molar-refractivity contribution in [3.8, 4) is 0 Å². The molecule has 1 heterocycles. The van der Waals surface area contributed by atoms with Gasteiger partial charge in [0, 0.05) is 5.56 Å². The molecule has 3 unspecified atom stereocenters. The van der Waals surface area contributed by atoms with Gasteiger partial charge in [0.25, 0.3) is 5.69 Å². The summed E-state index contributed by atoms with van der Waals surface area (Å²) in [7, 11) is 0. The van der Waals surface area contributed by atoms with E-state index in [0.29, 0.717) is 23.2 Å². The van der Waals surface area contributed by atoms with Gasteiger partial charge in [-0.1, -0.05) is 37.3 Å². The molecule has 1 aromatic carbocycles. The highest BCUT2D eigenvalue weighted by Crippen LogP contribution is 2.48. The van der Waals surface area contributed by atoms with Crippen molar-refractivity contribution < 1.29 is 4.92 Å². The van der Waals surface area contributed by atoms with Crippen LogP contribution in [0.4, 0.5) is 11.5 Å². The van der Waals surface area contributed by atoms with Crippen LogP contribution < -0.4 is 5.32 Å². The summed E-state index contributed by atoms with van der Waals surface area (Å²) in [5.41, 5.74) is 1.91. The first-order chi connectivity index (χ1) is 10.6. The maximum Gasteiger partial charge on any atom is 0.290 e. The molecule has 1 aromatic heterocycles. The Morgan fingerprint density at radius 3 is 2.59 bits per heavy atom.